The van der Waals surface area contributed by atoms with Gasteiger partial charge in [-0.25, -0.2) is 0 Å². The zero-order valence-electron chi connectivity index (χ0n) is 21.9. The number of anilines is 2. The minimum atomic E-state index is -0.232. The summed E-state index contributed by atoms with van der Waals surface area (Å²) < 4.78 is 6.21. The normalized spacial score (nSPS) is 21.7. The summed E-state index contributed by atoms with van der Waals surface area (Å²) in [7, 11) is 2.13. The highest BCUT2D eigenvalue weighted by atomic mass is 35.5. The molecule has 38 heavy (non-hydrogen) atoms. The molecule has 10 heteroatoms. The first-order valence-corrected chi connectivity index (χ1v) is 13.6. The second-order valence-electron chi connectivity index (χ2n) is 10.2. The predicted molar refractivity (Wildman–Crippen MR) is 148 cm³/mol. The van der Waals surface area contributed by atoms with Gasteiger partial charge < -0.3 is 24.3 Å². The van der Waals surface area contributed by atoms with E-state index in [1.54, 1.807) is 4.90 Å². The molecule has 1 aromatic carbocycles. The Bertz CT molecular complexity index is 1230. The molecule has 9 nitrogen and oxygen atoms in total. The van der Waals surface area contributed by atoms with Gasteiger partial charge in [0.05, 0.1) is 41.5 Å². The highest BCUT2D eigenvalue weighted by molar-refractivity contribution is 6.33. The van der Waals surface area contributed by atoms with Crippen LogP contribution in [0.15, 0.2) is 36.9 Å². The zero-order valence-corrected chi connectivity index (χ0v) is 22.6. The number of nitriles is 1. The molecule has 2 unspecified atom stereocenters. The maximum atomic E-state index is 12.4. The summed E-state index contributed by atoms with van der Waals surface area (Å²) in [6.45, 7) is 8.28. The Balaban J connectivity index is 1.45. The fraction of sp³-hybridized carbons (Fsp3) is 0.500. The number of carbonyl (C=O) groups is 1. The number of fused-ring (bicyclic) bond motifs is 1. The van der Waals surface area contributed by atoms with Crippen LogP contribution < -0.4 is 14.5 Å². The lowest BCUT2D eigenvalue weighted by Crippen LogP contribution is -2.55. The lowest BCUT2D eigenvalue weighted by molar-refractivity contribution is -0.128. The Morgan fingerprint density at radius 2 is 2.05 bits per heavy atom. The van der Waals surface area contributed by atoms with E-state index in [4.69, 9.17) is 26.3 Å². The van der Waals surface area contributed by atoms with Crippen LogP contribution in [0.4, 0.5) is 11.5 Å². The number of piperazine rings is 1. The number of carbonyl (C=O) groups excluding carboxylic acids is 1. The van der Waals surface area contributed by atoms with E-state index in [1.807, 2.05) is 24.3 Å². The van der Waals surface area contributed by atoms with Crippen molar-refractivity contribution >= 4 is 29.0 Å². The van der Waals surface area contributed by atoms with Crippen LogP contribution in [0.2, 0.25) is 5.02 Å². The lowest BCUT2D eigenvalue weighted by Gasteiger charge is -2.42. The maximum Gasteiger partial charge on any atom is 0.318 e. The number of halogens is 1. The van der Waals surface area contributed by atoms with Gasteiger partial charge in [-0.2, -0.15) is 15.2 Å². The third-order valence-corrected chi connectivity index (χ3v) is 8.18. The predicted octanol–water partition coefficient (Wildman–Crippen LogP) is 3.28. The topological polar surface area (TPSA) is 88.8 Å². The molecule has 0 N–H and O–H groups in total. The van der Waals surface area contributed by atoms with Gasteiger partial charge in [-0.15, -0.1) is 0 Å². The summed E-state index contributed by atoms with van der Waals surface area (Å²) in [6.07, 6.45) is 4.60. The molecule has 5 rings (SSSR count). The molecule has 3 aliphatic rings. The summed E-state index contributed by atoms with van der Waals surface area (Å²) in [6, 6.07) is 10.6. The van der Waals surface area contributed by atoms with Crippen LogP contribution in [0.3, 0.4) is 0 Å². The molecule has 0 radical (unpaired) electrons. The lowest BCUT2D eigenvalue weighted by atomic mass is 10.0. The molecule has 0 aliphatic carbocycles. The molecule has 0 saturated carbocycles. The first-order valence-electron chi connectivity index (χ1n) is 13.3. The van der Waals surface area contributed by atoms with Crippen molar-refractivity contribution in [3.8, 4) is 12.1 Å². The van der Waals surface area contributed by atoms with E-state index in [0.29, 0.717) is 49.9 Å². The van der Waals surface area contributed by atoms with E-state index < -0.39 is 0 Å². The van der Waals surface area contributed by atoms with Crippen molar-refractivity contribution in [2.45, 2.75) is 44.3 Å². The average molecular weight is 536 g/mol. The summed E-state index contributed by atoms with van der Waals surface area (Å²) in [5.41, 5.74) is 3.01. The van der Waals surface area contributed by atoms with Crippen LogP contribution in [0, 0.1) is 11.3 Å². The van der Waals surface area contributed by atoms with Gasteiger partial charge in [-0.1, -0.05) is 30.3 Å². The molecule has 3 aliphatic heterocycles. The van der Waals surface area contributed by atoms with Crippen LogP contribution in [0.1, 0.15) is 30.5 Å². The number of ether oxygens (including phenoxy) is 1. The molecule has 2 atom stereocenters. The van der Waals surface area contributed by atoms with Crippen LogP contribution in [-0.4, -0.2) is 84.1 Å². The number of hydrogen-bond acceptors (Lipinski definition) is 8. The van der Waals surface area contributed by atoms with Crippen molar-refractivity contribution < 1.29 is 9.53 Å². The number of nitrogens with zero attached hydrogens (tertiary/aromatic N) is 7. The summed E-state index contributed by atoms with van der Waals surface area (Å²) in [5, 5.41) is 10.2. The molecule has 0 spiro atoms. The Kier molecular flexibility index (Phi) is 8.01. The van der Waals surface area contributed by atoms with Crippen LogP contribution in [-0.2, 0) is 17.8 Å². The standard InChI is InChI=1S/C28H34ClN7O2/c1-3-26(37)36-16-15-35(17-20(36)10-12-30)27-22-11-14-34(25-9-5-4-8-23(25)29)18-24(22)31-28(32-27)38-19-21-7-6-13-33(21)2/h3-5,8-9,20-21H,1,6-7,10-11,13-19H2,2H3. The molecule has 2 aromatic rings. The molecule has 200 valence electrons. The molecule has 1 amide bonds. The van der Waals surface area contributed by atoms with Gasteiger partial charge in [-0.05, 0) is 51.1 Å². The number of para-hydroxylation sites is 1. The number of rotatable bonds is 7. The van der Waals surface area contributed by atoms with Crippen LogP contribution >= 0.6 is 11.6 Å². The van der Waals surface area contributed by atoms with Gasteiger partial charge in [-0.3, -0.25) is 4.79 Å². The van der Waals surface area contributed by atoms with E-state index >= 15 is 0 Å². The molecule has 4 heterocycles. The second-order valence-corrected chi connectivity index (χ2v) is 10.6. The largest absolute Gasteiger partial charge is 0.462 e. The molecule has 2 fully saturated rings. The maximum absolute atomic E-state index is 12.4. The average Bonchev–Trinajstić information content (AvgIpc) is 3.35. The minimum absolute atomic E-state index is 0.144. The number of aromatic nitrogens is 2. The minimum Gasteiger partial charge on any atom is -0.462 e. The van der Waals surface area contributed by atoms with Gasteiger partial charge in [0.15, 0.2) is 0 Å². The van der Waals surface area contributed by atoms with Crippen molar-refractivity contribution in [2.24, 2.45) is 0 Å². The molecular formula is C28H34ClN7O2. The Morgan fingerprint density at radius 3 is 2.79 bits per heavy atom. The van der Waals surface area contributed by atoms with E-state index in [2.05, 4.69) is 34.4 Å². The Labute approximate surface area is 229 Å². The number of hydrogen-bond donors (Lipinski definition) is 0. The smallest absolute Gasteiger partial charge is 0.318 e. The fourth-order valence-electron chi connectivity index (χ4n) is 5.72. The quantitative estimate of drug-likeness (QED) is 0.499. The third kappa shape index (κ3) is 5.42. The SMILES string of the molecule is C=CC(=O)N1CCN(c2nc(OCC3CCCN3C)nc3c2CCN(c2ccccc2Cl)C3)CC1CC#N. The number of likely N-dealkylation sites (N-methyl/N-ethyl adjacent to an activating group) is 1. The first-order chi connectivity index (χ1) is 18.5. The van der Waals surface area contributed by atoms with E-state index in [0.717, 1.165) is 48.7 Å². The summed E-state index contributed by atoms with van der Waals surface area (Å²) >= 11 is 6.52. The number of benzene rings is 1. The van der Waals surface area contributed by atoms with Gasteiger partial charge >= 0.3 is 6.01 Å². The van der Waals surface area contributed by atoms with Gasteiger partial charge in [0, 0.05) is 37.8 Å². The van der Waals surface area contributed by atoms with Crippen molar-refractivity contribution in [1.82, 2.24) is 19.8 Å². The van der Waals surface area contributed by atoms with E-state index in [9.17, 15) is 10.1 Å². The van der Waals surface area contributed by atoms with Crippen molar-refractivity contribution in [1.29, 1.82) is 5.26 Å². The molecular weight excluding hydrogens is 502 g/mol. The number of likely N-dealkylation sites (tertiary alicyclic amines) is 1. The Hall–Kier alpha value is -3.35. The highest BCUT2D eigenvalue weighted by Crippen LogP contribution is 2.34. The summed E-state index contributed by atoms with van der Waals surface area (Å²) in [5.74, 6) is 0.701. The van der Waals surface area contributed by atoms with Crippen LogP contribution in [0.25, 0.3) is 0 Å². The van der Waals surface area contributed by atoms with Crippen molar-refractivity contribution in [2.75, 3.05) is 56.2 Å². The van der Waals surface area contributed by atoms with Crippen LogP contribution in [0.5, 0.6) is 6.01 Å². The van der Waals surface area contributed by atoms with Gasteiger partial charge in [0.25, 0.3) is 0 Å². The van der Waals surface area contributed by atoms with Crippen molar-refractivity contribution in [3.63, 3.8) is 0 Å². The van der Waals surface area contributed by atoms with Crippen molar-refractivity contribution in [3.05, 3.63) is 53.2 Å². The second kappa shape index (κ2) is 11.6. The third-order valence-electron chi connectivity index (χ3n) is 7.86. The Morgan fingerprint density at radius 1 is 1.21 bits per heavy atom. The van der Waals surface area contributed by atoms with E-state index in [-0.39, 0.29) is 18.4 Å². The molecule has 1 aromatic heterocycles. The van der Waals surface area contributed by atoms with Gasteiger partial charge in [0.2, 0.25) is 5.91 Å². The van der Waals surface area contributed by atoms with Gasteiger partial charge in [0.1, 0.15) is 12.4 Å². The first kappa shape index (κ1) is 26.3. The zero-order chi connectivity index (χ0) is 26.6. The highest BCUT2D eigenvalue weighted by Gasteiger charge is 2.33. The molecule has 0 bridgehead atoms. The fourth-order valence-corrected chi connectivity index (χ4v) is 5.98. The number of amides is 1. The molecule has 2 saturated heterocycles. The monoisotopic (exact) mass is 535 g/mol. The van der Waals surface area contributed by atoms with E-state index in [1.165, 1.54) is 12.5 Å². The summed E-state index contributed by atoms with van der Waals surface area (Å²) in [4.78, 5) is 30.7.